The van der Waals surface area contributed by atoms with E-state index in [1.54, 1.807) is 20.0 Å². The third-order valence-electron chi connectivity index (χ3n) is 7.07. The number of rotatable bonds is 7. The van der Waals surface area contributed by atoms with Crippen molar-refractivity contribution in [2.75, 3.05) is 26.7 Å². The topological polar surface area (TPSA) is 66.4 Å². The summed E-state index contributed by atoms with van der Waals surface area (Å²) in [6.07, 6.45) is -2.73. The van der Waals surface area contributed by atoms with Crippen molar-refractivity contribution in [1.82, 2.24) is 5.32 Å². The average molecular weight is 484 g/mol. The summed E-state index contributed by atoms with van der Waals surface area (Å²) in [5.74, 6) is 0. The number of nitrogens with one attached hydrogen (secondary N) is 1. The molecule has 0 amide bonds. The molecule has 33 heavy (non-hydrogen) atoms. The van der Waals surface area contributed by atoms with Gasteiger partial charge in [0.1, 0.15) is 12.6 Å². The maximum atomic E-state index is 13.4. The fourth-order valence-electron chi connectivity index (χ4n) is 5.21. The van der Waals surface area contributed by atoms with Gasteiger partial charge < -0.3 is 10.4 Å². The number of hydrogen-bond donors (Lipinski definition) is 2. The molecule has 0 radical (unpaired) electrons. The number of likely N-dealkylation sites (N-methyl/N-ethyl adjacent to an activating group) is 1. The summed E-state index contributed by atoms with van der Waals surface area (Å²) in [5.41, 5.74) is 3.52. The number of fused-ring (bicyclic) bond motifs is 1. The number of benzene rings is 2. The van der Waals surface area contributed by atoms with E-state index in [2.05, 4.69) is 5.32 Å². The van der Waals surface area contributed by atoms with Crippen molar-refractivity contribution < 1.29 is 30.6 Å². The summed E-state index contributed by atoms with van der Waals surface area (Å²) in [4.78, 5) is 0. The van der Waals surface area contributed by atoms with Gasteiger partial charge in [-0.2, -0.15) is 21.6 Å². The van der Waals surface area contributed by atoms with Crippen LogP contribution in [-0.4, -0.2) is 55.4 Å². The van der Waals surface area contributed by atoms with E-state index in [0.29, 0.717) is 43.5 Å². The molecule has 0 aromatic heterocycles. The largest absolute Gasteiger partial charge is 0.416 e. The number of aliphatic hydroxyl groups is 1. The van der Waals surface area contributed by atoms with Crippen LogP contribution in [0, 0.1) is 0 Å². The molecular formula is C24H30F3N2O3S+. The molecule has 2 N–H and O–H groups in total. The van der Waals surface area contributed by atoms with Crippen molar-refractivity contribution in [3.05, 3.63) is 69.8 Å². The minimum Gasteiger partial charge on any atom is -0.395 e. The lowest BCUT2D eigenvalue weighted by Gasteiger charge is -2.48. The molecular weight excluding hydrogens is 453 g/mol. The molecule has 1 aliphatic carbocycles. The molecule has 2 aromatic carbocycles. The first-order valence-corrected chi connectivity index (χ1v) is 12.7. The number of aliphatic hydroxyl groups excluding tert-OH is 1. The quantitative estimate of drug-likeness (QED) is 0.470. The van der Waals surface area contributed by atoms with Gasteiger partial charge in [-0.3, -0.25) is 0 Å². The second-order valence-corrected chi connectivity index (χ2v) is 12.1. The molecule has 1 saturated heterocycles. The Labute approximate surface area is 192 Å². The average Bonchev–Trinajstić information content (AvgIpc) is 3.17. The summed E-state index contributed by atoms with van der Waals surface area (Å²) in [6.45, 7) is 2.83. The molecule has 2 aliphatic rings. The number of alkyl halides is 3. The van der Waals surface area contributed by atoms with Crippen molar-refractivity contribution in [1.29, 1.82) is 0 Å². The predicted molar refractivity (Wildman–Crippen MR) is 120 cm³/mol. The van der Waals surface area contributed by atoms with Gasteiger partial charge in [0.05, 0.1) is 19.2 Å². The van der Waals surface area contributed by atoms with Crippen LogP contribution < -0.4 is 5.32 Å². The molecule has 0 spiro atoms. The minimum absolute atomic E-state index is 0.0193. The van der Waals surface area contributed by atoms with Gasteiger partial charge in [-0.25, -0.2) is 3.89 Å². The predicted octanol–water partition coefficient (Wildman–Crippen LogP) is 3.02. The first-order chi connectivity index (χ1) is 15.4. The van der Waals surface area contributed by atoms with E-state index in [0.717, 1.165) is 22.8 Å². The minimum atomic E-state index is -4.44. The molecule has 2 unspecified atom stereocenters. The van der Waals surface area contributed by atoms with Gasteiger partial charge in [0.2, 0.25) is 0 Å². The SMILES string of the molecule is CC1C[N+](C)([C@H]2Cc3ccc(Cc4cc(CNCCO)cc(C(F)(F)F)c4)cc3C2)S1(=O)=O. The van der Waals surface area contributed by atoms with Gasteiger partial charge >= 0.3 is 16.2 Å². The second kappa shape index (κ2) is 8.69. The third-order valence-corrected chi connectivity index (χ3v) is 9.85. The first kappa shape index (κ1) is 24.2. The maximum absolute atomic E-state index is 13.4. The molecule has 3 atom stereocenters. The number of halogens is 3. The zero-order chi connectivity index (χ0) is 24.0. The molecule has 4 rings (SSSR count). The van der Waals surface area contributed by atoms with Gasteiger partial charge in [-0.05, 0) is 53.3 Å². The molecule has 180 valence electrons. The Morgan fingerprint density at radius 2 is 1.76 bits per heavy atom. The lowest BCUT2D eigenvalue weighted by atomic mass is 9.97. The Balaban J connectivity index is 1.54. The summed E-state index contributed by atoms with van der Waals surface area (Å²) in [5, 5.41) is 11.5. The Morgan fingerprint density at radius 3 is 2.39 bits per heavy atom. The zero-order valence-electron chi connectivity index (χ0n) is 18.8. The van der Waals surface area contributed by atoms with E-state index in [1.807, 2.05) is 18.2 Å². The summed E-state index contributed by atoms with van der Waals surface area (Å²) in [7, 11) is -1.39. The smallest absolute Gasteiger partial charge is 0.395 e. The van der Waals surface area contributed by atoms with E-state index in [-0.39, 0.29) is 28.3 Å². The normalized spacial score (nSPS) is 26.1. The fraction of sp³-hybridized carbons (Fsp3) is 0.500. The Bertz CT molecular complexity index is 1150. The van der Waals surface area contributed by atoms with Crippen LogP contribution in [0.25, 0.3) is 0 Å². The summed E-state index contributed by atoms with van der Waals surface area (Å²) in [6, 6.07) is 10.00. The van der Waals surface area contributed by atoms with Crippen LogP contribution in [-0.2, 0) is 42.0 Å². The molecule has 9 heteroatoms. The van der Waals surface area contributed by atoms with E-state index in [9.17, 15) is 21.6 Å². The number of sulfonamides is 1. The van der Waals surface area contributed by atoms with E-state index in [1.165, 1.54) is 6.07 Å². The lowest BCUT2D eigenvalue weighted by molar-refractivity contribution is -0.830. The van der Waals surface area contributed by atoms with Crippen LogP contribution in [0.5, 0.6) is 0 Å². The molecule has 0 bridgehead atoms. The van der Waals surface area contributed by atoms with Crippen molar-refractivity contribution in [2.24, 2.45) is 0 Å². The third kappa shape index (κ3) is 4.56. The van der Waals surface area contributed by atoms with Crippen LogP contribution >= 0.6 is 0 Å². The highest BCUT2D eigenvalue weighted by molar-refractivity contribution is 7.87. The van der Waals surface area contributed by atoms with Gasteiger partial charge in [0.25, 0.3) is 0 Å². The number of nitrogens with zero attached hydrogens (tertiary/aromatic N) is 1. The Kier molecular flexibility index (Phi) is 6.37. The van der Waals surface area contributed by atoms with Gasteiger partial charge in [-0.1, -0.05) is 24.3 Å². The van der Waals surface area contributed by atoms with Crippen LogP contribution in [0.15, 0.2) is 36.4 Å². The van der Waals surface area contributed by atoms with Crippen LogP contribution in [0.3, 0.4) is 0 Å². The fourth-order valence-corrected chi connectivity index (χ4v) is 7.27. The van der Waals surface area contributed by atoms with Crippen molar-refractivity contribution in [3.8, 4) is 0 Å². The van der Waals surface area contributed by atoms with E-state index in [4.69, 9.17) is 5.11 Å². The van der Waals surface area contributed by atoms with E-state index >= 15 is 0 Å². The number of hydrogen-bond acceptors (Lipinski definition) is 4. The standard InChI is InChI=1S/C24H30F3N2O3S/c1-16-15-29(2,33(16,31)32)23-12-20-4-3-17(9-21(20)13-23)7-18-8-19(14-28-5-6-30)11-22(10-18)24(25,26)27/h3-4,8-11,16,23,28,30H,5-7,12-15H2,1-2H3/q+1/t16?,23-,29?/m0/s1. The Morgan fingerprint density at radius 1 is 1.06 bits per heavy atom. The molecule has 2 aromatic rings. The molecule has 5 nitrogen and oxygen atoms in total. The lowest BCUT2D eigenvalue weighted by Crippen LogP contribution is -2.71. The van der Waals surface area contributed by atoms with Gasteiger partial charge in [0.15, 0.2) is 5.25 Å². The molecule has 1 aliphatic heterocycles. The van der Waals surface area contributed by atoms with Crippen LogP contribution in [0.4, 0.5) is 13.2 Å². The monoisotopic (exact) mass is 483 g/mol. The van der Waals surface area contributed by atoms with Gasteiger partial charge in [-0.15, -0.1) is 0 Å². The second-order valence-electron chi connectivity index (χ2n) is 9.46. The maximum Gasteiger partial charge on any atom is 0.416 e. The molecule has 1 fully saturated rings. The first-order valence-electron chi connectivity index (χ1n) is 11.2. The Hall–Kier alpha value is -1.94. The molecule has 0 saturated carbocycles. The van der Waals surface area contributed by atoms with E-state index < -0.39 is 21.8 Å². The summed E-state index contributed by atoms with van der Waals surface area (Å²) >= 11 is 0. The van der Waals surface area contributed by atoms with Crippen molar-refractivity contribution >= 4 is 10.0 Å². The van der Waals surface area contributed by atoms with Crippen LogP contribution in [0.2, 0.25) is 0 Å². The highest BCUT2D eigenvalue weighted by atomic mass is 32.2. The van der Waals surface area contributed by atoms with Crippen molar-refractivity contribution in [3.63, 3.8) is 0 Å². The van der Waals surface area contributed by atoms with Gasteiger partial charge in [0, 0.05) is 25.9 Å². The highest BCUT2D eigenvalue weighted by Crippen LogP contribution is 2.40. The zero-order valence-corrected chi connectivity index (χ0v) is 19.6. The summed E-state index contributed by atoms with van der Waals surface area (Å²) < 4.78 is 65.6. The number of quaternary nitrogens is 1. The van der Waals surface area contributed by atoms with Crippen LogP contribution in [0.1, 0.15) is 40.3 Å². The molecule has 1 heterocycles. The van der Waals surface area contributed by atoms with Crippen molar-refractivity contribution in [2.45, 2.75) is 50.2 Å². The highest BCUT2D eigenvalue weighted by Gasteiger charge is 2.59.